The highest BCUT2D eigenvalue weighted by molar-refractivity contribution is 5.92. The minimum Gasteiger partial charge on any atom is -0.344 e. The summed E-state index contributed by atoms with van der Waals surface area (Å²) in [5.74, 6) is -0.777. The predicted molar refractivity (Wildman–Crippen MR) is 118 cm³/mol. The molecule has 3 aromatic rings. The number of hydrogen-bond donors (Lipinski definition) is 2. The van der Waals surface area contributed by atoms with E-state index in [4.69, 9.17) is 0 Å². The molecule has 0 aliphatic heterocycles. The molecule has 2 aromatic carbocycles. The van der Waals surface area contributed by atoms with Crippen molar-refractivity contribution in [1.82, 2.24) is 20.0 Å². The van der Waals surface area contributed by atoms with Gasteiger partial charge in [0, 0.05) is 25.0 Å². The van der Waals surface area contributed by atoms with E-state index in [1.54, 1.807) is 47.5 Å². The summed E-state index contributed by atoms with van der Waals surface area (Å²) in [4.78, 5) is 26.4. The van der Waals surface area contributed by atoms with Crippen molar-refractivity contribution in [2.24, 2.45) is 0 Å². The lowest BCUT2D eigenvalue weighted by Gasteiger charge is -2.19. The van der Waals surface area contributed by atoms with Crippen molar-refractivity contribution in [2.75, 3.05) is 18.4 Å². The molecule has 2 N–H and O–H groups in total. The number of rotatable bonds is 7. The van der Waals surface area contributed by atoms with E-state index in [0.717, 1.165) is 5.56 Å². The van der Waals surface area contributed by atoms with Crippen LogP contribution in [0.2, 0.25) is 0 Å². The third kappa shape index (κ3) is 5.28. The molecule has 0 saturated heterocycles. The Morgan fingerprint density at radius 3 is 2.39 bits per heavy atom. The lowest BCUT2D eigenvalue weighted by Crippen LogP contribution is -2.34. The zero-order valence-electron chi connectivity index (χ0n) is 17.8. The fourth-order valence-electron chi connectivity index (χ4n) is 3.14. The Bertz CT molecular complexity index is 1040. The van der Waals surface area contributed by atoms with Gasteiger partial charge in [-0.25, -0.2) is 13.9 Å². The number of benzene rings is 2. The van der Waals surface area contributed by atoms with Gasteiger partial charge >= 0.3 is 6.03 Å². The van der Waals surface area contributed by atoms with Crippen LogP contribution in [-0.2, 0) is 0 Å². The van der Waals surface area contributed by atoms with E-state index in [1.165, 1.54) is 10.7 Å². The van der Waals surface area contributed by atoms with Crippen LogP contribution in [0.4, 0.5) is 14.9 Å². The third-order valence-corrected chi connectivity index (χ3v) is 4.98. The van der Waals surface area contributed by atoms with Gasteiger partial charge in [0.1, 0.15) is 11.5 Å². The average Bonchev–Trinajstić information content (AvgIpc) is 3.25. The van der Waals surface area contributed by atoms with Gasteiger partial charge in [0.2, 0.25) is 0 Å². The first kappa shape index (κ1) is 22.0. The molecule has 7 nitrogen and oxygen atoms in total. The molecule has 0 radical (unpaired) electrons. The number of nitrogens with one attached hydrogen (secondary N) is 2. The molecule has 31 heavy (non-hydrogen) atoms. The fourth-order valence-corrected chi connectivity index (χ4v) is 3.14. The second-order valence-electron chi connectivity index (χ2n) is 7.02. The van der Waals surface area contributed by atoms with E-state index in [1.807, 2.05) is 32.9 Å². The maximum Gasteiger partial charge on any atom is 0.321 e. The van der Waals surface area contributed by atoms with Crippen LogP contribution in [-0.4, -0.2) is 39.7 Å². The molecule has 1 heterocycles. The summed E-state index contributed by atoms with van der Waals surface area (Å²) in [5.41, 5.74) is 2.03. The monoisotopic (exact) mass is 423 g/mol. The Balaban J connectivity index is 1.62. The highest BCUT2D eigenvalue weighted by atomic mass is 19.1. The Labute approximate surface area is 180 Å². The summed E-state index contributed by atoms with van der Waals surface area (Å²) in [6.07, 6.45) is 1.55. The van der Waals surface area contributed by atoms with E-state index < -0.39 is 5.82 Å². The van der Waals surface area contributed by atoms with Gasteiger partial charge in [0.25, 0.3) is 5.91 Å². The highest BCUT2D eigenvalue weighted by Crippen LogP contribution is 2.18. The number of carbonyl (C=O) groups is 2. The summed E-state index contributed by atoms with van der Waals surface area (Å²) < 4.78 is 15.3. The summed E-state index contributed by atoms with van der Waals surface area (Å²) in [5, 5.41) is 9.92. The van der Waals surface area contributed by atoms with Crippen molar-refractivity contribution in [3.8, 4) is 5.69 Å². The quantitative estimate of drug-likeness (QED) is 0.592. The Morgan fingerprint density at radius 2 is 1.74 bits per heavy atom. The number of carbonyl (C=O) groups excluding carboxylic acids is 2. The van der Waals surface area contributed by atoms with Gasteiger partial charge in [-0.3, -0.25) is 4.79 Å². The Kier molecular flexibility index (Phi) is 7.02. The second kappa shape index (κ2) is 9.88. The Hall–Kier alpha value is -3.68. The van der Waals surface area contributed by atoms with Crippen LogP contribution in [0.25, 0.3) is 5.69 Å². The van der Waals surface area contributed by atoms with Crippen LogP contribution in [0.1, 0.15) is 42.9 Å². The first-order valence-electron chi connectivity index (χ1n) is 10.2. The predicted octanol–water partition coefficient (Wildman–Crippen LogP) is 4.38. The number of amides is 3. The van der Waals surface area contributed by atoms with E-state index in [9.17, 15) is 14.0 Å². The summed E-state index contributed by atoms with van der Waals surface area (Å²) in [6, 6.07) is 14.6. The zero-order valence-corrected chi connectivity index (χ0v) is 17.8. The van der Waals surface area contributed by atoms with Crippen LogP contribution in [0.5, 0.6) is 0 Å². The normalized spacial score (nSPS) is 11.6. The SMILES string of the molecule is CCN(CC)C(=O)Nc1ccc(C(C)NC(=O)c2ccn(-c3ccccc3F)n2)cc1. The number of halogens is 1. The van der Waals surface area contributed by atoms with E-state index in [0.29, 0.717) is 18.8 Å². The average molecular weight is 423 g/mol. The molecule has 0 aliphatic rings. The first-order chi connectivity index (χ1) is 14.9. The molecule has 0 spiro atoms. The van der Waals surface area contributed by atoms with Crippen molar-refractivity contribution in [2.45, 2.75) is 26.8 Å². The molecule has 162 valence electrons. The maximum atomic E-state index is 13.9. The van der Waals surface area contributed by atoms with E-state index in [2.05, 4.69) is 15.7 Å². The van der Waals surface area contributed by atoms with Gasteiger partial charge in [-0.05, 0) is 56.7 Å². The number of urea groups is 1. The molecule has 0 fully saturated rings. The second-order valence-corrected chi connectivity index (χ2v) is 7.02. The number of hydrogen-bond acceptors (Lipinski definition) is 3. The van der Waals surface area contributed by atoms with Crippen LogP contribution in [0.15, 0.2) is 60.8 Å². The van der Waals surface area contributed by atoms with Crippen LogP contribution >= 0.6 is 0 Å². The van der Waals surface area contributed by atoms with Crippen LogP contribution in [0, 0.1) is 5.82 Å². The largest absolute Gasteiger partial charge is 0.344 e. The summed E-state index contributed by atoms with van der Waals surface area (Å²) >= 11 is 0. The third-order valence-electron chi connectivity index (χ3n) is 4.98. The number of para-hydroxylation sites is 1. The van der Waals surface area contributed by atoms with Gasteiger partial charge in [-0.15, -0.1) is 0 Å². The minimum atomic E-state index is -0.417. The zero-order chi connectivity index (χ0) is 22.4. The molecule has 0 bridgehead atoms. The van der Waals surface area contributed by atoms with Gasteiger partial charge in [0.05, 0.1) is 6.04 Å². The van der Waals surface area contributed by atoms with Crippen molar-refractivity contribution in [3.63, 3.8) is 0 Å². The van der Waals surface area contributed by atoms with Crippen LogP contribution in [0.3, 0.4) is 0 Å². The van der Waals surface area contributed by atoms with Crippen molar-refractivity contribution in [1.29, 1.82) is 0 Å². The topological polar surface area (TPSA) is 79.3 Å². The molecule has 0 saturated carbocycles. The number of anilines is 1. The molecule has 1 unspecified atom stereocenters. The molecule has 0 aliphatic carbocycles. The lowest BCUT2D eigenvalue weighted by atomic mass is 10.1. The molecule has 1 aromatic heterocycles. The first-order valence-corrected chi connectivity index (χ1v) is 10.2. The molecular formula is C23H26FN5O2. The van der Waals surface area contributed by atoms with Gasteiger partial charge in [-0.2, -0.15) is 5.10 Å². The van der Waals surface area contributed by atoms with Crippen molar-refractivity contribution in [3.05, 3.63) is 77.9 Å². The van der Waals surface area contributed by atoms with Crippen LogP contribution < -0.4 is 10.6 Å². The molecule has 3 rings (SSSR count). The Morgan fingerprint density at radius 1 is 1.06 bits per heavy atom. The molecule has 1 atom stereocenters. The molecule has 3 amide bonds. The lowest BCUT2D eigenvalue weighted by molar-refractivity contribution is 0.0934. The van der Waals surface area contributed by atoms with Gasteiger partial charge < -0.3 is 15.5 Å². The summed E-state index contributed by atoms with van der Waals surface area (Å²) in [6.45, 7) is 6.98. The van der Waals surface area contributed by atoms with Crippen molar-refractivity contribution < 1.29 is 14.0 Å². The van der Waals surface area contributed by atoms with E-state index in [-0.39, 0.29) is 29.4 Å². The smallest absolute Gasteiger partial charge is 0.321 e. The fraction of sp³-hybridized carbons (Fsp3) is 0.261. The summed E-state index contributed by atoms with van der Waals surface area (Å²) in [7, 11) is 0. The van der Waals surface area contributed by atoms with Crippen molar-refractivity contribution >= 4 is 17.6 Å². The standard InChI is InChI=1S/C23H26FN5O2/c1-4-28(5-2)23(31)26-18-12-10-17(11-13-18)16(3)25-22(30)20-14-15-29(27-20)21-9-7-6-8-19(21)24/h6-16H,4-5H2,1-3H3,(H,25,30)(H,26,31). The minimum absolute atomic E-state index is 0.149. The maximum absolute atomic E-state index is 13.9. The molecular weight excluding hydrogens is 397 g/mol. The van der Waals surface area contributed by atoms with E-state index >= 15 is 0 Å². The van der Waals surface area contributed by atoms with Gasteiger partial charge in [-0.1, -0.05) is 24.3 Å². The molecule has 8 heteroatoms. The number of aromatic nitrogens is 2. The number of nitrogens with zero attached hydrogens (tertiary/aromatic N) is 3. The van der Waals surface area contributed by atoms with Gasteiger partial charge in [0.15, 0.2) is 5.69 Å². The highest BCUT2D eigenvalue weighted by Gasteiger charge is 2.16.